The molecule has 0 aliphatic heterocycles. The van der Waals surface area contributed by atoms with Gasteiger partial charge in [0.1, 0.15) is 0 Å². The normalized spacial score (nSPS) is 11.9. The molecule has 2 aromatic heterocycles. The molecule has 0 radical (unpaired) electrons. The molecule has 2 N–H and O–H groups in total. The standard InChI is InChI=1S/C14H19N5O/c1-3-16-13-9-15-7-5-12(13)14(20)18-11(2)10-19-8-4-6-17-19/h4-9,11,16H,3,10H2,1-2H3,(H,18,20). The Labute approximate surface area is 118 Å². The number of aromatic nitrogens is 3. The summed E-state index contributed by atoms with van der Waals surface area (Å²) in [5, 5.41) is 10.2. The van der Waals surface area contributed by atoms with Gasteiger partial charge in [-0.2, -0.15) is 5.10 Å². The maximum Gasteiger partial charge on any atom is 0.253 e. The van der Waals surface area contributed by atoms with Crippen LogP contribution < -0.4 is 10.6 Å². The lowest BCUT2D eigenvalue weighted by Crippen LogP contribution is -2.36. The van der Waals surface area contributed by atoms with E-state index in [2.05, 4.69) is 20.7 Å². The van der Waals surface area contributed by atoms with Crippen LogP contribution in [0.15, 0.2) is 36.9 Å². The van der Waals surface area contributed by atoms with E-state index >= 15 is 0 Å². The van der Waals surface area contributed by atoms with Gasteiger partial charge in [0.15, 0.2) is 0 Å². The lowest BCUT2D eigenvalue weighted by molar-refractivity contribution is 0.0936. The Kier molecular flexibility index (Phi) is 4.70. The van der Waals surface area contributed by atoms with Gasteiger partial charge in [-0.05, 0) is 26.0 Å². The van der Waals surface area contributed by atoms with Crippen molar-refractivity contribution < 1.29 is 4.79 Å². The maximum absolute atomic E-state index is 12.3. The van der Waals surface area contributed by atoms with Gasteiger partial charge in [0.2, 0.25) is 0 Å². The number of nitrogens with zero attached hydrogens (tertiary/aromatic N) is 3. The molecule has 0 spiro atoms. The molecular weight excluding hydrogens is 254 g/mol. The van der Waals surface area contributed by atoms with Crippen molar-refractivity contribution in [3.05, 3.63) is 42.5 Å². The Morgan fingerprint density at radius 3 is 3.00 bits per heavy atom. The molecule has 106 valence electrons. The third-order valence-electron chi connectivity index (χ3n) is 2.83. The Morgan fingerprint density at radius 1 is 1.45 bits per heavy atom. The molecular formula is C14H19N5O. The molecule has 1 atom stereocenters. The third-order valence-corrected chi connectivity index (χ3v) is 2.83. The minimum Gasteiger partial charge on any atom is -0.383 e. The van der Waals surface area contributed by atoms with Gasteiger partial charge in [0.25, 0.3) is 5.91 Å². The minimum absolute atomic E-state index is 0.00922. The zero-order chi connectivity index (χ0) is 14.4. The number of carbonyl (C=O) groups excluding carboxylic acids is 1. The van der Waals surface area contributed by atoms with Crippen LogP contribution in [-0.2, 0) is 6.54 Å². The highest BCUT2D eigenvalue weighted by atomic mass is 16.1. The van der Waals surface area contributed by atoms with E-state index < -0.39 is 0 Å². The summed E-state index contributed by atoms with van der Waals surface area (Å²) < 4.78 is 1.79. The first-order chi connectivity index (χ1) is 9.70. The zero-order valence-corrected chi connectivity index (χ0v) is 11.7. The van der Waals surface area contributed by atoms with E-state index in [1.165, 1.54) is 0 Å². The number of anilines is 1. The first-order valence-corrected chi connectivity index (χ1v) is 6.67. The summed E-state index contributed by atoms with van der Waals surface area (Å²) in [7, 11) is 0. The molecule has 0 saturated carbocycles. The van der Waals surface area contributed by atoms with Crippen LogP contribution in [0.2, 0.25) is 0 Å². The highest BCUT2D eigenvalue weighted by Crippen LogP contribution is 2.13. The molecule has 1 amide bonds. The second-order valence-electron chi connectivity index (χ2n) is 4.55. The summed E-state index contributed by atoms with van der Waals surface area (Å²) in [6.45, 7) is 5.32. The smallest absolute Gasteiger partial charge is 0.253 e. The molecule has 0 aromatic carbocycles. The van der Waals surface area contributed by atoms with Crippen LogP contribution in [0, 0.1) is 0 Å². The number of pyridine rings is 1. The highest BCUT2D eigenvalue weighted by molar-refractivity contribution is 5.99. The molecule has 1 unspecified atom stereocenters. The van der Waals surface area contributed by atoms with Gasteiger partial charge in [-0.3, -0.25) is 14.5 Å². The topological polar surface area (TPSA) is 71.8 Å². The van der Waals surface area contributed by atoms with Crippen molar-refractivity contribution in [2.45, 2.75) is 26.4 Å². The molecule has 2 heterocycles. The van der Waals surface area contributed by atoms with Crippen molar-refractivity contribution in [1.29, 1.82) is 0 Å². The van der Waals surface area contributed by atoms with Gasteiger partial charge in [-0.1, -0.05) is 0 Å². The van der Waals surface area contributed by atoms with Crippen molar-refractivity contribution in [2.75, 3.05) is 11.9 Å². The van der Waals surface area contributed by atoms with Crippen LogP contribution in [0.4, 0.5) is 5.69 Å². The van der Waals surface area contributed by atoms with Crippen molar-refractivity contribution in [3.63, 3.8) is 0 Å². The van der Waals surface area contributed by atoms with E-state index in [9.17, 15) is 4.79 Å². The fraction of sp³-hybridized carbons (Fsp3) is 0.357. The number of carbonyl (C=O) groups is 1. The van der Waals surface area contributed by atoms with Gasteiger partial charge in [-0.15, -0.1) is 0 Å². The van der Waals surface area contributed by atoms with Gasteiger partial charge in [-0.25, -0.2) is 0 Å². The van der Waals surface area contributed by atoms with Crippen molar-refractivity contribution in [3.8, 4) is 0 Å². The molecule has 6 nitrogen and oxygen atoms in total. The summed E-state index contributed by atoms with van der Waals surface area (Å²) in [5.41, 5.74) is 1.35. The van der Waals surface area contributed by atoms with Crippen LogP contribution in [0.3, 0.4) is 0 Å². The summed E-state index contributed by atoms with van der Waals surface area (Å²) in [4.78, 5) is 16.3. The SMILES string of the molecule is CCNc1cnccc1C(=O)NC(C)Cn1cccn1. The Balaban J connectivity index is 2.00. The first-order valence-electron chi connectivity index (χ1n) is 6.67. The van der Waals surface area contributed by atoms with E-state index in [0.717, 1.165) is 12.2 Å². The molecule has 0 bridgehead atoms. The van der Waals surface area contributed by atoms with Crippen LogP contribution >= 0.6 is 0 Å². The summed E-state index contributed by atoms with van der Waals surface area (Å²) in [6, 6.07) is 3.57. The fourth-order valence-electron chi connectivity index (χ4n) is 1.96. The molecule has 0 aliphatic carbocycles. The Bertz CT molecular complexity index is 552. The van der Waals surface area contributed by atoms with Gasteiger partial charge >= 0.3 is 0 Å². The van der Waals surface area contributed by atoms with Gasteiger partial charge < -0.3 is 10.6 Å². The van der Waals surface area contributed by atoms with Crippen LogP contribution in [0.1, 0.15) is 24.2 Å². The van der Waals surface area contributed by atoms with Crippen LogP contribution in [0.25, 0.3) is 0 Å². The van der Waals surface area contributed by atoms with Crippen molar-refractivity contribution in [1.82, 2.24) is 20.1 Å². The first kappa shape index (κ1) is 14.0. The number of hydrogen-bond donors (Lipinski definition) is 2. The number of nitrogens with one attached hydrogen (secondary N) is 2. The molecule has 2 rings (SSSR count). The predicted molar refractivity (Wildman–Crippen MR) is 77.6 cm³/mol. The quantitative estimate of drug-likeness (QED) is 0.837. The van der Waals surface area contributed by atoms with E-state index in [0.29, 0.717) is 12.1 Å². The van der Waals surface area contributed by atoms with Crippen LogP contribution in [0.5, 0.6) is 0 Å². The Morgan fingerprint density at radius 2 is 2.30 bits per heavy atom. The lowest BCUT2D eigenvalue weighted by atomic mass is 10.2. The van der Waals surface area contributed by atoms with Gasteiger partial charge in [0.05, 0.1) is 24.0 Å². The van der Waals surface area contributed by atoms with Crippen LogP contribution in [-0.4, -0.2) is 33.3 Å². The minimum atomic E-state index is -0.108. The average Bonchev–Trinajstić information content (AvgIpc) is 2.92. The molecule has 0 aliphatic rings. The molecule has 0 fully saturated rings. The average molecular weight is 273 g/mol. The molecule has 0 saturated heterocycles. The monoisotopic (exact) mass is 273 g/mol. The summed E-state index contributed by atoms with van der Waals surface area (Å²) in [5.74, 6) is -0.108. The fourth-order valence-corrected chi connectivity index (χ4v) is 1.96. The van der Waals surface area contributed by atoms with E-state index in [1.54, 1.807) is 29.3 Å². The second-order valence-corrected chi connectivity index (χ2v) is 4.55. The highest BCUT2D eigenvalue weighted by Gasteiger charge is 2.13. The number of hydrogen-bond acceptors (Lipinski definition) is 4. The van der Waals surface area contributed by atoms with Gasteiger partial charge in [0, 0.05) is 31.2 Å². The number of rotatable bonds is 6. The molecule has 2 aromatic rings. The summed E-state index contributed by atoms with van der Waals surface area (Å²) >= 11 is 0. The predicted octanol–water partition coefficient (Wildman–Crippen LogP) is 1.53. The summed E-state index contributed by atoms with van der Waals surface area (Å²) in [6.07, 6.45) is 6.88. The van der Waals surface area contributed by atoms with Crippen molar-refractivity contribution in [2.24, 2.45) is 0 Å². The number of amides is 1. The van der Waals surface area contributed by atoms with E-state index in [1.807, 2.05) is 26.1 Å². The van der Waals surface area contributed by atoms with E-state index in [4.69, 9.17) is 0 Å². The third kappa shape index (κ3) is 3.57. The maximum atomic E-state index is 12.3. The lowest BCUT2D eigenvalue weighted by Gasteiger charge is -2.15. The Hall–Kier alpha value is -2.37. The zero-order valence-electron chi connectivity index (χ0n) is 11.7. The van der Waals surface area contributed by atoms with E-state index in [-0.39, 0.29) is 11.9 Å². The molecule has 20 heavy (non-hydrogen) atoms. The molecule has 6 heteroatoms. The second kappa shape index (κ2) is 6.70. The largest absolute Gasteiger partial charge is 0.383 e. The van der Waals surface area contributed by atoms with Crippen molar-refractivity contribution >= 4 is 11.6 Å².